The van der Waals surface area contributed by atoms with Crippen LogP contribution in [-0.4, -0.2) is 25.1 Å². The van der Waals surface area contributed by atoms with Gasteiger partial charge in [-0.1, -0.05) is 114 Å². The monoisotopic (exact) mass is 447 g/mol. The fourth-order valence-electron chi connectivity index (χ4n) is 3.89. The predicted molar refractivity (Wildman–Crippen MR) is 135 cm³/mol. The fourth-order valence-corrected chi connectivity index (χ4v) is 3.89. The van der Waals surface area contributed by atoms with Crippen molar-refractivity contribution in [3.63, 3.8) is 0 Å². The number of hydrogen-bond donors (Lipinski definition) is 1. The van der Waals surface area contributed by atoms with Gasteiger partial charge in [0.05, 0.1) is 20.6 Å². The molecule has 0 saturated heterocycles. The van der Waals surface area contributed by atoms with Crippen LogP contribution in [0.4, 0.5) is 0 Å². The van der Waals surface area contributed by atoms with Crippen molar-refractivity contribution in [2.45, 2.75) is 103 Å². The maximum Gasteiger partial charge on any atom is 0.104 e. The number of halogens is 2. The van der Waals surface area contributed by atoms with E-state index in [-0.39, 0.29) is 12.4 Å². The summed E-state index contributed by atoms with van der Waals surface area (Å²) in [6.07, 6.45) is 20.2. The van der Waals surface area contributed by atoms with E-state index in [2.05, 4.69) is 68.4 Å². The van der Waals surface area contributed by atoms with Gasteiger partial charge in [0.15, 0.2) is 0 Å². The van der Waals surface area contributed by atoms with Gasteiger partial charge in [0.25, 0.3) is 0 Å². The molecular formula is C25H49Cl2N2+. The number of nitrogens with two attached hydrogens (primary N) is 1. The van der Waals surface area contributed by atoms with Crippen LogP contribution in [-0.2, 0) is 6.54 Å². The Morgan fingerprint density at radius 2 is 1.03 bits per heavy atom. The van der Waals surface area contributed by atoms with Crippen molar-refractivity contribution < 1.29 is 4.48 Å². The molecule has 1 aromatic carbocycles. The molecule has 4 heteroatoms. The van der Waals surface area contributed by atoms with Crippen molar-refractivity contribution in [3.05, 3.63) is 35.9 Å². The average Bonchev–Trinajstić information content (AvgIpc) is 2.70. The molecule has 172 valence electrons. The number of quaternary nitrogens is 1. The summed E-state index contributed by atoms with van der Waals surface area (Å²) in [4.78, 5) is 0. The fraction of sp³-hybridized carbons (Fsp3) is 0.760. The van der Waals surface area contributed by atoms with Crippen LogP contribution in [0.25, 0.3) is 0 Å². The van der Waals surface area contributed by atoms with Crippen LogP contribution in [0.2, 0.25) is 0 Å². The third-order valence-corrected chi connectivity index (χ3v) is 5.57. The summed E-state index contributed by atoms with van der Waals surface area (Å²) in [7, 11) is 4.74. The minimum atomic E-state index is 0. The molecule has 0 bridgehead atoms. The Balaban J connectivity index is 0. The van der Waals surface area contributed by atoms with Gasteiger partial charge in [-0.2, -0.15) is 0 Å². The van der Waals surface area contributed by atoms with Gasteiger partial charge in [0.2, 0.25) is 0 Å². The van der Waals surface area contributed by atoms with Crippen molar-refractivity contribution in [1.29, 1.82) is 0 Å². The summed E-state index contributed by atoms with van der Waals surface area (Å²) in [5.74, 6) is 0. The van der Waals surface area contributed by atoms with Crippen LogP contribution in [0, 0.1) is 0 Å². The summed E-state index contributed by atoms with van der Waals surface area (Å²) in [6, 6.07) is 10.9. The van der Waals surface area contributed by atoms with Crippen LogP contribution in [0.5, 0.6) is 0 Å². The Morgan fingerprint density at radius 1 is 0.655 bits per heavy atom. The first-order chi connectivity index (χ1) is 13.6. The molecule has 0 heterocycles. The molecule has 0 fully saturated rings. The number of unbranched alkanes of at least 4 members (excludes halogenated alkanes) is 13. The molecule has 2 nitrogen and oxygen atoms in total. The van der Waals surface area contributed by atoms with E-state index in [1.807, 2.05) is 0 Å². The molecule has 0 radical (unpaired) electrons. The maximum absolute atomic E-state index is 4.14. The first-order valence-corrected chi connectivity index (χ1v) is 12.2. The van der Waals surface area contributed by atoms with Gasteiger partial charge in [0.1, 0.15) is 6.54 Å². The smallest absolute Gasteiger partial charge is 0.104 e. The van der Waals surface area contributed by atoms with Crippen LogP contribution < -0.4 is 5.25 Å². The number of nitrogens with zero attached hydrogens (tertiary/aromatic N) is 1. The Morgan fingerprint density at radius 3 is 1.45 bits per heavy atom. The summed E-state index contributed by atoms with van der Waals surface area (Å²) < 4.78 is 1.11. The lowest BCUT2D eigenvalue weighted by molar-refractivity contribution is -0.903. The summed E-state index contributed by atoms with van der Waals surface area (Å²) in [5, 5.41) is 3.97. The van der Waals surface area contributed by atoms with E-state index >= 15 is 0 Å². The molecular weight excluding hydrogens is 399 g/mol. The van der Waals surface area contributed by atoms with Crippen LogP contribution in [0.3, 0.4) is 0 Å². The van der Waals surface area contributed by atoms with Crippen molar-refractivity contribution in [3.8, 4) is 0 Å². The van der Waals surface area contributed by atoms with Crippen LogP contribution >= 0.6 is 24.2 Å². The van der Waals surface area contributed by atoms with Crippen LogP contribution in [0.1, 0.15) is 102 Å². The maximum atomic E-state index is 4.14. The highest BCUT2D eigenvalue weighted by atomic mass is 35.5. The second kappa shape index (κ2) is 22.4. The number of hydrogen-bond acceptors (Lipinski definition) is 1. The van der Waals surface area contributed by atoms with Gasteiger partial charge in [-0.05, 0) is 24.6 Å². The minimum Gasteiger partial charge on any atom is -0.325 e. The summed E-state index contributed by atoms with van der Waals surface area (Å²) >= 11 is 4.14. The van der Waals surface area contributed by atoms with Crippen molar-refractivity contribution in [2.24, 2.45) is 5.25 Å². The van der Waals surface area contributed by atoms with Gasteiger partial charge < -0.3 is 4.48 Å². The second-order valence-electron chi connectivity index (χ2n) is 8.90. The standard InChI is InChI=1S/C25H46N.ClH2N.ClH/c1-4-5-6-7-8-9-10-11-12-13-14-15-16-20-23-26(2,3)24-25-21-18-17-19-22-25;1-2;/h17-19,21-22H,4-16,20,23-24H2,1-3H3;2H2;1H/q+1;;. The number of benzene rings is 1. The summed E-state index contributed by atoms with van der Waals surface area (Å²) in [6.45, 7) is 4.75. The minimum absolute atomic E-state index is 0. The van der Waals surface area contributed by atoms with E-state index in [9.17, 15) is 0 Å². The van der Waals surface area contributed by atoms with Gasteiger partial charge in [-0.3, -0.25) is 0 Å². The third kappa shape index (κ3) is 20.8. The molecule has 0 spiro atoms. The summed E-state index contributed by atoms with van der Waals surface area (Å²) in [5.41, 5.74) is 1.46. The highest BCUT2D eigenvalue weighted by Gasteiger charge is 2.14. The lowest BCUT2D eigenvalue weighted by Crippen LogP contribution is -2.39. The van der Waals surface area contributed by atoms with Gasteiger partial charge in [-0.25, -0.2) is 5.25 Å². The highest BCUT2D eigenvalue weighted by Crippen LogP contribution is 2.14. The van der Waals surface area contributed by atoms with Gasteiger partial charge in [0, 0.05) is 5.56 Å². The Bertz CT molecular complexity index is 424. The molecule has 0 atom stereocenters. The van der Waals surface area contributed by atoms with E-state index in [0.717, 1.165) is 11.0 Å². The van der Waals surface area contributed by atoms with Crippen molar-refractivity contribution in [1.82, 2.24) is 0 Å². The number of rotatable bonds is 17. The van der Waals surface area contributed by atoms with Gasteiger partial charge in [-0.15, -0.1) is 12.4 Å². The first-order valence-electron chi connectivity index (χ1n) is 11.7. The second-order valence-corrected chi connectivity index (χ2v) is 8.90. The van der Waals surface area contributed by atoms with Gasteiger partial charge >= 0.3 is 0 Å². The molecule has 2 N–H and O–H groups in total. The predicted octanol–water partition coefficient (Wildman–Crippen LogP) is 8.27. The lowest BCUT2D eigenvalue weighted by atomic mass is 10.0. The van der Waals surface area contributed by atoms with E-state index in [0.29, 0.717) is 0 Å². The van der Waals surface area contributed by atoms with Crippen molar-refractivity contribution in [2.75, 3.05) is 20.6 Å². The Kier molecular flexibility index (Phi) is 23.9. The molecule has 0 unspecified atom stereocenters. The molecule has 1 aromatic rings. The Hall–Kier alpha value is -0.280. The molecule has 0 aliphatic heterocycles. The molecule has 0 amide bonds. The largest absolute Gasteiger partial charge is 0.325 e. The Labute approximate surface area is 193 Å². The quantitative estimate of drug-likeness (QED) is 0.145. The highest BCUT2D eigenvalue weighted by molar-refractivity contribution is 6.11. The zero-order chi connectivity index (χ0) is 20.9. The topological polar surface area (TPSA) is 26.0 Å². The molecule has 0 saturated carbocycles. The molecule has 0 aromatic heterocycles. The van der Waals surface area contributed by atoms with Crippen molar-refractivity contribution >= 4 is 24.2 Å². The normalized spacial score (nSPS) is 10.8. The van der Waals surface area contributed by atoms with E-state index < -0.39 is 0 Å². The molecule has 1 rings (SSSR count). The molecule has 0 aliphatic carbocycles. The van der Waals surface area contributed by atoms with E-state index in [4.69, 9.17) is 0 Å². The average molecular weight is 449 g/mol. The SMILES string of the molecule is CCCCCCCCCCCCCCCC[N+](C)(C)Cc1ccccc1.Cl.NCl. The first kappa shape index (κ1) is 30.9. The van der Waals surface area contributed by atoms with Crippen LogP contribution in [0.15, 0.2) is 30.3 Å². The molecule has 29 heavy (non-hydrogen) atoms. The van der Waals surface area contributed by atoms with E-state index in [1.54, 1.807) is 0 Å². The zero-order valence-electron chi connectivity index (χ0n) is 19.5. The third-order valence-electron chi connectivity index (χ3n) is 5.57. The zero-order valence-corrected chi connectivity index (χ0v) is 21.1. The lowest BCUT2D eigenvalue weighted by Gasteiger charge is -2.30. The molecule has 0 aliphatic rings. The van der Waals surface area contributed by atoms with E-state index in [1.165, 1.54) is 102 Å².